The van der Waals surface area contributed by atoms with Crippen molar-refractivity contribution < 1.29 is 9.90 Å². The van der Waals surface area contributed by atoms with E-state index < -0.39 is 0 Å². The molecule has 5 heteroatoms. The number of hydrogen-bond acceptors (Lipinski definition) is 2. The normalized spacial score (nSPS) is 17.4. The van der Waals surface area contributed by atoms with Crippen molar-refractivity contribution in [3.8, 4) is 0 Å². The Hall–Kier alpha value is -1.07. The first-order valence-electron chi connectivity index (χ1n) is 7.01. The van der Waals surface area contributed by atoms with Crippen molar-refractivity contribution in [2.75, 3.05) is 6.61 Å². The van der Waals surface area contributed by atoms with Crippen LogP contribution in [0.3, 0.4) is 0 Å². The SMILES string of the molecule is CC(CCCO)NC(=O)NC1(c2ccc(Br)cc2)CC1. The molecule has 1 fully saturated rings. The standard InChI is InChI=1S/C15H21BrN2O2/c1-11(3-2-10-19)17-14(20)18-15(8-9-15)12-4-6-13(16)7-5-12/h4-7,11,19H,2-3,8-10H2,1H3,(H2,17,18,20). The lowest BCUT2D eigenvalue weighted by Gasteiger charge is -2.21. The minimum absolute atomic E-state index is 0.0721. The first-order valence-corrected chi connectivity index (χ1v) is 7.81. The van der Waals surface area contributed by atoms with Crippen LogP contribution < -0.4 is 10.6 Å². The van der Waals surface area contributed by atoms with Crippen molar-refractivity contribution >= 4 is 22.0 Å². The van der Waals surface area contributed by atoms with Crippen LogP contribution in [0.15, 0.2) is 28.7 Å². The van der Waals surface area contributed by atoms with Crippen LogP contribution in [0.4, 0.5) is 4.79 Å². The lowest BCUT2D eigenvalue weighted by Crippen LogP contribution is -2.45. The summed E-state index contributed by atoms with van der Waals surface area (Å²) in [6.07, 6.45) is 3.45. The summed E-state index contributed by atoms with van der Waals surface area (Å²) in [5.41, 5.74) is 0.959. The summed E-state index contributed by atoms with van der Waals surface area (Å²) in [6, 6.07) is 8.04. The van der Waals surface area contributed by atoms with Gasteiger partial charge in [0.15, 0.2) is 0 Å². The Bertz CT molecular complexity index is 457. The van der Waals surface area contributed by atoms with Gasteiger partial charge in [-0.1, -0.05) is 28.1 Å². The minimum Gasteiger partial charge on any atom is -0.396 e. The van der Waals surface area contributed by atoms with Gasteiger partial charge in [-0.2, -0.15) is 0 Å². The van der Waals surface area contributed by atoms with Gasteiger partial charge in [0.05, 0.1) is 5.54 Å². The van der Waals surface area contributed by atoms with E-state index in [0.29, 0.717) is 6.42 Å². The van der Waals surface area contributed by atoms with Crippen LogP contribution in [0.5, 0.6) is 0 Å². The molecule has 20 heavy (non-hydrogen) atoms. The third-order valence-electron chi connectivity index (χ3n) is 3.67. The van der Waals surface area contributed by atoms with Gasteiger partial charge < -0.3 is 15.7 Å². The fourth-order valence-corrected chi connectivity index (χ4v) is 2.59. The lowest BCUT2D eigenvalue weighted by atomic mass is 10.1. The van der Waals surface area contributed by atoms with E-state index in [1.54, 1.807) is 0 Å². The second kappa shape index (κ2) is 6.59. The molecule has 0 spiro atoms. The zero-order valence-electron chi connectivity index (χ0n) is 11.7. The summed E-state index contributed by atoms with van der Waals surface area (Å²) in [5.74, 6) is 0. The van der Waals surface area contributed by atoms with Crippen LogP contribution in [-0.4, -0.2) is 23.8 Å². The predicted octanol–water partition coefficient (Wildman–Crippen LogP) is 2.90. The molecule has 0 radical (unpaired) electrons. The van der Waals surface area contributed by atoms with Gasteiger partial charge in [0, 0.05) is 17.1 Å². The largest absolute Gasteiger partial charge is 0.396 e. The second-order valence-electron chi connectivity index (χ2n) is 5.45. The summed E-state index contributed by atoms with van der Waals surface area (Å²) in [4.78, 5) is 12.0. The molecular formula is C15H21BrN2O2. The maximum atomic E-state index is 12.0. The van der Waals surface area contributed by atoms with Crippen molar-refractivity contribution in [2.45, 2.75) is 44.2 Å². The Labute approximate surface area is 128 Å². The average Bonchev–Trinajstić information content (AvgIpc) is 3.17. The molecule has 1 saturated carbocycles. The predicted molar refractivity (Wildman–Crippen MR) is 82.5 cm³/mol. The molecule has 1 atom stereocenters. The maximum Gasteiger partial charge on any atom is 0.315 e. The first kappa shape index (κ1) is 15.3. The smallest absolute Gasteiger partial charge is 0.315 e. The van der Waals surface area contributed by atoms with Gasteiger partial charge in [-0.15, -0.1) is 0 Å². The number of nitrogens with one attached hydrogen (secondary N) is 2. The van der Waals surface area contributed by atoms with Crippen molar-refractivity contribution in [1.29, 1.82) is 0 Å². The zero-order valence-corrected chi connectivity index (χ0v) is 13.2. The Balaban J connectivity index is 1.89. The van der Waals surface area contributed by atoms with E-state index in [2.05, 4.69) is 26.6 Å². The number of aliphatic hydroxyl groups is 1. The quantitative estimate of drug-likeness (QED) is 0.745. The highest BCUT2D eigenvalue weighted by Gasteiger charge is 2.45. The number of carbonyl (C=O) groups excluding carboxylic acids is 1. The topological polar surface area (TPSA) is 61.4 Å². The third kappa shape index (κ3) is 3.96. The number of halogens is 1. The van der Waals surface area contributed by atoms with Crippen LogP contribution in [0, 0.1) is 0 Å². The van der Waals surface area contributed by atoms with E-state index in [1.165, 1.54) is 0 Å². The van der Waals surface area contributed by atoms with Gasteiger partial charge in [0.2, 0.25) is 0 Å². The molecule has 0 bridgehead atoms. The van der Waals surface area contributed by atoms with Crippen LogP contribution in [0.25, 0.3) is 0 Å². The van der Waals surface area contributed by atoms with Crippen molar-refractivity contribution in [1.82, 2.24) is 10.6 Å². The van der Waals surface area contributed by atoms with E-state index in [0.717, 1.165) is 29.3 Å². The molecule has 4 nitrogen and oxygen atoms in total. The molecule has 1 unspecified atom stereocenters. The number of hydrogen-bond donors (Lipinski definition) is 3. The van der Waals surface area contributed by atoms with E-state index in [1.807, 2.05) is 31.2 Å². The molecule has 2 amide bonds. The van der Waals surface area contributed by atoms with Crippen molar-refractivity contribution in [3.05, 3.63) is 34.3 Å². The Kier molecular flexibility index (Phi) is 5.05. The number of aliphatic hydroxyl groups excluding tert-OH is 1. The van der Waals surface area contributed by atoms with E-state index in [-0.39, 0.29) is 24.2 Å². The van der Waals surface area contributed by atoms with Crippen LogP contribution in [-0.2, 0) is 5.54 Å². The highest BCUT2D eigenvalue weighted by molar-refractivity contribution is 9.10. The number of urea groups is 1. The Morgan fingerprint density at radius 1 is 1.40 bits per heavy atom. The molecule has 1 aliphatic rings. The van der Waals surface area contributed by atoms with E-state index >= 15 is 0 Å². The van der Waals surface area contributed by atoms with Crippen molar-refractivity contribution in [2.24, 2.45) is 0 Å². The third-order valence-corrected chi connectivity index (χ3v) is 4.20. The number of carbonyl (C=O) groups is 1. The highest BCUT2D eigenvalue weighted by Crippen LogP contribution is 2.45. The number of benzene rings is 1. The second-order valence-corrected chi connectivity index (χ2v) is 6.37. The fraction of sp³-hybridized carbons (Fsp3) is 0.533. The van der Waals surface area contributed by atoms with Gasteiger partial charge in [0.1, 0.15) is 0 Å². The van der Waals surface area contributed by atoms with E-state index in [9.17, 15) is 4.79 Å². The molecule has 0 heterocycles. The molecule has 2 rings (SSSR count). The maximum absolute atomic E-state index is 12.0. The van der Waals surface area contributed by atoms with Gasteiger partial charge in [-0.3, -0.25) is 0 Å². The molecule has 110 valence electrons. The summed E-state index contributed by atoms with van der Waals surface area (Å²) in [6.45, 7) is 2.12. The number of rotatable bonds is 6. The average molecular weight is 341 g/mol. The molecule has 0 aromatic heterocycles. The first-order chi connectivity index (χ1) is 9.55. The minimum atomic E-state index is -0.193. The molecule has 0 saturated heterocycles. The Morgan fingerprint density at radius 2 is 2.05 bits per heavy atom. The lowest BCUT2D eigenvalue weighted by molar-refractivity contribution is 0.229. The molecule has 3 N–H and O–H groups in total. The fourth-order valence-electron chi connectivity index (χ4n) is 2.33. The molecular weight excluding hydrogens is 320 g/mol. The van der Waals surface area contributed by atoms with E-state index in [4.69, 9.17) is 5.11 Å². The summed E-state index contributed by atoms with van der Waals surface area (Å²) in [7, 11) is 0. The highest BCUT2D eigenvalue weighted by atomic mass is 79.9. The zero-order chi connectivity index (χ0) is 14.6. The molecule has 1 aromatic carbocycles. The van der Waals surface area contributed by atoms with Crippen LogP contribution in [0.2, 0.25) is 0 Å². The summed E-state index contributed by atoms with van der Waals surface area (Å²) >= 11 is 3.42. The monoisotopic (exact) mass is 340 g/mol. The van der Waals surface area contributed by atoms with Gasteiger partial charge in [-0.05, 0) is 50.3 Å². The molecule has 1 aliphatic carbocycles. The molecule has 1 aromatic rings. The van der Waals surface area contributed by atoms with Gasteiger partial charge in [0.25, 0.3) is 0 Å². The number of amides is 2. The Morgan fingerprint density at radius 3 is 2.60 bits per heavy atom. The summed E-state index contributed by atoms with van der Waals surface area (Å²) < 4.78 is 1.04. The van der Waals surface area contributed by atoms with Gasteiger partial charge >= 0.3 is 6.03 Å². The van der Waals surface area contributed by atoms with Crippen LogP contribution >= 0.6 is 15.9 Å². The van der Waals surface area contributed by atoms with Gasteiger partial charge in [-0.25, -0.2) is 4.79 Å². The van der Waals surface area contributed by atoms with Crippen molar-refractivity contribution in [3.63, 3.8) is 0 Å². The van der Waals surface area contributed by atoms with Crippen LogP contribution in [0.1, 0.15) is 38.2 Å². The molecule has 0 aliphatic heterocycles. The summed E-state index contributed by atoms with van der Waals surface area (Å²) in [5, 5.41) is 14.8.